The summed E-state index contributed by atoms with van der Waals surface area (Å²) in [5.74, 6) is 1.03. The van der Waals surface area contributed by atoms with Crippen molar-refractivity contribution in [2.24, 2.45) is 0 Å². The second kappa shape index (κ2) is 13.0. The lowest BCUT2D eigenvalue weighted by molar-refractivity contribution is 0.0947. The number of rotatable bonds is 13. The molecule has 1 heterocycles. The smallest absolute Gasteiger partial charge is 0.274 e. The zero-order valence-electron chi connectivity index (χ0n) is 20.4. The molecular weight excluding hydrogens is 468 g/mol. The number of hydrogen-bond donors (Lipinski definition) is 1. The standard InChI is InChI=1S/C27H31ClN2O5/c1-4-7-13-33-22-16-23(34-14-8-5-2)21(28)15-20(22)26-24(19-11-9-18(17-31)10-12-19)25(30-35-26)27(32)29-6-3/h9-12,15-17H,4-8,13-14H2,1-3H3,(H,29,32). The number of amides is 1. The van der Waals surface area contributed by atoms with E-state index in [2.05, 4.69) is 24.3 Å². The fraction of sp³-hybridized carbons (Fsp3) is 0.370. The number of aromatic nitrogens is 1. The van der Waals surface area contributed by atoms with Gasteiger partial charge in [-0.3, -0.25) is 9.59 Å². The van der Waals surface area contributed by atoms with Gasteiger partial charge in [-0.25, -0.2) is 0 Å². The average molecular weight is 499 g/mol. The van der Waals surface area contributed by atoms with Crippen LogP contribution in [0.15, 0.2) is 40.9 Å². The van der Waals surface area contributed by atoms with E-state index in [1.807, 2.05) is 6.92 Å². The van der Waals surface area contributed by atoms with Crippen molar-refractivity contribution in [3.05, 3.63) is 52.7 Å². The Morgan fingerprint density at radius 2 is 1.69 bits per heavy atom. The van der Waals surface area contributed by atoms with Gasteiger partial charge in [0.05, 0.1) is 29.4 Å². The van der Waals surface area contributed by atoms with E-state index in [-0.39, 0.29) is 11.6 Å². The van der Waals surface area contributed by atoms with Gasteiger partial charge in [0.25, 0.3) is 5.91 Å². The third-order valence-corrected chi connectivity index (χ3v) is 5.66. The van der Waals surface area contributed by atoms with Crippen LogP contribution in [0.25, 0.3) is 22.5 Å². The first-order valence-electron chi connectivity index (χ1n) is 12.0. The van der Waals surface area contributed by atoms with E-state index in [1.165, 1.54) is 0 Å². The van der Waals surface area contributed by atoms with Crippen molar-refractivity contribution in [1.29, 1.82) is 0 Å². The largest absolute Gasteiger partial charge is 0.493 e. The summed E-state index contributed by atoms with van der Waals surface area (Å²) in [7, 11) is 0. The van der Waals surface area contributed by atoms with Crippen LogP contribution in [0.3, 0.4) is 0 Å². The van der Waals surface area contributed by atoms with Crippen LogP contribution in [0.2, 0.25) is 5.02 Å². The van der Waals surface area contributed by atoms with Gasteiger partial charge in [0, 0.05) is 18.2 Å². The third-order valence-electron chi connectivity index (χ3n) is 5.37. The van der Waals surface area contributed by atoms with Crippen LogP contribution >= 0.6 is 11.6 Å². The molecule has 35 heavy (non-hydrogen) atoms. The van der Waals surface area contributed by atoms with Crippen LogP contribution in [0, 0.1) is 0 Å². The van der Waals surface area contributed by atoms with Crippen molar-refractivity contribution in [3.63, 3.8) is 0 Å². The van der Waals surface area contributed by atoms with Crippen molar-refractivity contribution in [1.82, 2.24) is 10.5 Å². The quantitative estimate of drug-likeness (QED) is 0.211. The SMILES string of the molecule is CCCCOc1cc(OCCCC)c(-c2onc(C(=O)NCC)c2-c2ccc(C=O)cc2)cc1Cl. The number of carbonyl (C=O) groups is 2. The maximum atomic E-state index is 12.8. The van der Waals surface area contributed by atoms with Gasteiger partial charge in [-0.2, -0.15) is 0 Å². The van der Waals surface area contributed by atoms with Crippen LogP contribution in [0.5, 0.6) is 11.5 Å². The summed E-state index contributed by atoms with van der Waals surface area (Å²) in [5.41, 5.74) is 2.38. The summed E-state index contributed by atoms with van der Waals surface area (Å²) in [5, 5.41) is 7.26. The van der Waals surface area contributed by atoms with E-state index >= 15 is 0 Å². The minimum absolute atomic E-state index is 0.139. The number of unbranched alkanes of at least 4 members (excludes halogenated alkanes) is 2. The van der Waals surface area contributed by atoms with E-state index in [1.54, 1.807) is 36.4 Å². The topological polar surface area (TPSA) is 90.7 Å². The summed E-state index contributed by atoms with van der Waals surface area (Å²) in [6.07, 6.45) is 4.51. The van der Waals surface area contributed by atoms with Crippen molar-refractivity contribution < 1.29 is 23.6 Å². The van der Waals surface area contributed by atoms with E-state index in [9.17, 15) is 9.59 Å². The molecule has 1 N–H and O–H groups in total. The zero-order chi connectivity index (χ0) is 25.2. The molecule has 0 fully saturated rings. The molecule has 2 aromatic carbocycles. The maximum absolute atomic E-state index is 12.8. The number of benzene rings is 2. The number of hydrogen-bond acceptors (Lipinski definition) is 6. The van der Waals surface area contributed by atoms with Crippen LogP contribution in [0.4, 0.5) is 0 Å². The molecule has 0 saturated heterocycles. The van der Waals surface area contributed by atoms with E-state index in [0.29, 0.717) is 64.3 Å². The fourth-order valence-corrected chi connectivity index (χ4v) is 3.68. The summed E-state index contributed by atoms with van der Waals surface area (Å²) in [4.78, 5) is 24.0. The maximum Gasteiger partial charge on any atom is 0.274 e. The van der Waals surface area contributed by atoms with Gasteiger partial charge >= 0.3 is 0 Å². The highest BCUT2D eigenvalue weighted by Gasteiger charge is 2.27. The Morgan fingerprint density at radius 1 is 1.03 bits per heavy atom. The number of ether oxygens (including phenoxy) is 2. The molecule has 3 aromatic rings. The van der Waals surface area contributed by atoms with Gasteiger partial charge in [0.2, 0.25) is 0 Å². The highest BCUT2D eigenvalue weighted by atomic mass is 35.5. The predicted molar refractivity (Wildman–Crippen MR) is 137 cm³/mol. The molecule has 0 aliphatic heterocycles. The molecule has 0 bridgehead atoms. The Morgan fingerprint density at radius 3 is 2.29 bits per heavy atom. The highest BCUT2D eigenvalue weighted by molar-refractivity contribution is 6.32. The molecular formula is C27H31ClN2O5. The normalized spacial score (nSPS) is 10.7. The Bertz CT molecular complexity index is 1140. The molecule has 186 valence electrons. The van der Waals surface area contributed by atoms with E-state index in [0.717, 1.165) is 32.0 Å². The van der Waals surface area contributed by atoms with Gasteiger partial charge in [-0.15, -0.1) is 0 Å². The number of aldehydes is 1. The van der Waals surface area contributed by atoms with Crippen molar-refractivity contribution in [3.8, 4) is 33.9 Å². The number of halogens is 1. The first-order chi connectivity index (χ1) is 17.0. The van der Waals surface area contributed by atoms with Crippen molar-refractivity contribution >= 4 is 23.8 Å². The lowest BCUT2D eigenvalue weighted by Crippen LogP contribution is -2.23. The molecule has 3 rings (SSSR count). The lowest BCUT2D eigenvalue weighted by atomic mass is 9.97. The molecule has 0 unspecified atom stereocenters. The van der Waals surface area contributed by atoms with Gasteiger partial charge in [0.1, 0.15) is 17.8 Å². The van der Waals surface area contributed by atoms with Crippen molar-refractivity contribution in [2.45, 2.75) is 46.5 Å². The van der Waals surface area contributed by atoms with Gasteiger partial charge in [0.15, 0.2) is 11.5 Å². The summed E-state index contributed by atoms with van der Waals surface area (Å²) < 4.78 is 17.7. The molecule has 0 spiro atoms. The Hall–Kier alpha value is -3.32. The molecule has 0 aliphatic carbocycles. The first-order valence-corrected chi connectivity index (χ1v) is 12.3. The van der Waals surface area contributed by atoms with Gasteiger partial charge < -0.3 is 19.3 Å². The van der Waals surface area contributed by atoms with Crippen LogP contribution in [0.1, 0.15) is 67.3 Å². The summed E-state index contributed by atoms with van der Waals surface area (Å²) in [6.45, 7) is 7.48. The highest BCUT2D eigenvalue weighted by Crippen LogP contribution is 2.44. The molecule has 0 aliphatic rings. The third kappa shape index (κ3) is 6.42. The second-order valence-electron chi connectivity index (χ2n) is 8.02. The van der Waals surface area contributed by atoms with Crippen LogP contribution in [-0.4, -0.2) is 37.1 Å². The predicted octanol–water partition coefficient (Wildman–Crippen LogP) is 6.58. The number of nitrogens with one attached hydrogen (secondary N) is 1. The van der Waals surface area contributed by atoms with Crippen molar-refractivity contribution in [2.75, 3.05) is 19.8 Å². The van der Waals surface area contributed by atoms with Crippen LogP contribution < -0.4 is 14.8 Å². The van der Waals surface area contributed by atoms with Crippen LogP contribution in [-0.2, 0) is 0 Å². The molecule has 1 aromatic heterocycles. The summed E-state index contributed by atoms with van der Waals surface area (Å²) in [6, 6.07) is 10.3. The fourth-order valence-electron chi connectivity index (χ4n) is 3.46. The monoisotopic (exact) mass is 498 g/mol. The molecule has 1 amide bonds. The van der Waals surface area contributed by atoms with Gasteiger partial charge in [-0.05, 0) is 31.4 Å². The zero-order valence-corrected chi connectivity index (χ0v) is 21.1. The molecule has 0 saturated carbocycles. The Balaban J connectivity index is 2.16. The van der Waals surface area contributed by atoms with E-state index < -0.39 is 0 Å². The molecule has 7 nitrogen and oxygen atoms in total. The van der Waals surface area contributed by atoms with Gasteiger partial charge in [-0.1, -0.05) is 67.7 Å². The average Bonchev–Trinajstić information content (AvgIpc) is 3.31. The molecule has 0 atom stereocenters. The summed E-state index contributed by atoms with van der Waals surface area (Å²) >= 11 is 6.59. The lowest BCUT2D eigenvalue weighted by Gasteiger charge is -2.15. The Kier molecular flexibility index (Phi) is 9.73. The Labute approximate surface area is 210 Å². The number of nitrogens with zero attached hydrogens (tertiary/aromatic N) is 1. The van der Waals surface area contributed by atoms with E-state index in [4.69, 9.17) is 25.6 Å². The molecule has 8 heteroatoms. The first kappa shape index (κ1) is 26.3. The second-order valence-corrected chi connectivity index (χ2v) is 8.42. The minimum atomic E-state index is -0.365. The minimum Gasteiger partial charge on any atom is -0.493 e. The molecule has 0 radical (unpaired) electrons. The number of carbonyl (C=O) groups excluding carboxylic acids is 2.